The van der Waals surface area contributed by atoms with Gasteiger partial charge in [-0.15, -0.1) is 11.3 Å². The maximum atomic E-state index is 12.4. The molecule has 2 aliphatic rings. The zero-order valence-electron chi connectivity index (χ0n) is 14.2. The Hall–Kier alpha value is -1.45. The molecule has 1 atom stereocenters. The Morgan fingerprint density at radius 2 is 2.08 bits per heavy atom. The Balaban J connectivity index is 1.58. The minimum absolute atomic E-state index is 0.0000726. The molecule has 2 fully saturated rings. The van der Waals surface area contributed by atoms with Gasteiger partial charge in [-0.1, -0.05) is 12.8 Å². The number of carbonyl (C=O) groups is 2. The first-order valence-electron chi connectivity index (χ1n) is 8.50. The van der Waals surface area contributed by atoms with E-state index in [1.807, 2.05) is 4.90 Å². The molecular weight excluding hydrogens is 362 g/mol. The van der Waals surface area contributed by atoms with Crippen molar-refractivity contribution in [2.24, 2.45) is 5.92 Å². The van der Waals surface area contributed by atoms with Gasteiger partial charge < -0.3 is 10.2 Å². The van der Waals surface area contributed by atoms with Crippen molar-refractivity contribution in [2.45, 2.75) is 43.0 Å². The topological polar surface area (TPSA) is 95.6 Å². The van der Waals surface area contributed by atoms with Crippen LogP contribution in [0.3, 0.4) is 0 Å². The molecule has 1 aliphatic carbocycles. The van der Waals surface area contributed by atoms with Crippen molar-refractivity contribution in [2.75, 3.05) is 20.1 Å². The average molecular weight is 386 g/mol. The maximum absolute atomic E-state index is 12.4. The highest BCUT2D eigenvalue weighted by Gasteiger charge is 2.35. The Morgan fingerprint density at radius 1 is 1.36 bits per heavy atom. The number of hydrogen-bond donors (Lipinski definition) is 2. The number of amides is 2. The van der Waals surface area contributed by atoms with Crippen molar-refractivity contribution in [3.63, 3.8) is 0 Å². The van der Waals surface area contributed by atoms with Gasteiger partial charge in [0.2, 0.25) is 15.9 Å². The first kappa shape index (κ1) is 18.3. The number of thiophene rings is 1. The molecule has 0 spiro atoms. The van der Waals surface area contributed by atoms with Gasteiger partial charge in [0.15, 0.2) is 0 Å². The average Bonchev–Trinajstić information content (AvgIpc) is 3.32. The summed E-state index contributed by atoms with van der Waals surface area (Å²) in [4.78, 5) is 26.1. The van der Waals surface area contributed by atoms with E-state index >= 15 is 0 Å². The molecular formula is C16H23N3O4S2. The molecule has 138 valence electrons. The molecule has 9 heteroatoms. The number of carbonyl (C=O) groups excluding carboxylic acids is 2. The molecule has 1 unspecified atom stereocenters. The van der Waals surface area contributed by atoms with Gasteiger partial charge in [-0.05, 0) is 24.8 Å². The lowest BCUT2D eigenvalue weighted by atomic mass is 10.1. The Bertz CT molecular complexity index is 753. The zero-order chi connectivity index (χ0) is 18.0. The van der Waals surface area contributed by atoms with Crippen LogP contribution in [0.1, 0.15) is 41.8 Å². The molecule has 1 saturated carbocycles. The van der Waals surface area contributed by atoms with E-state index in [2.05, 4.69) is 10.0 Å². The molecule has 2 amide bonds. The van der Waals surface area contributed by atoms with Crippen LogP contribution in [-0.2, 0) is 14.8 Å². The fraction of sp³-hybridized carbons (Fsp3) is 0.625. The van der Waals surface area contributed by atoms with Crippen LogP contribution < -0.4 is 10.0 Å². The van der Waals surface area contributed by atoms with E-state index < -0.39 is 10.0 Å². The van der Waals surface area contributed by atoms with Crippen LogP contribution in [0.2, 0.25) is 0 Å². The molecule has 2 heterocycles. The third-order valence-corrected chi connectivity index (χ3v) is 7.38. The minimum atomic E-state index is -3.67. The standard InChI is InChI=1S/C16H23N3O4S2/c1-17-16(21)14-7-13(10-24-14)25(22,23)18-8-11-6-15(20)19(9-11)12-4-2-3-5-12/h7,10-12,18H,2-6,8-9H2,1H3,(H,17,21). The molecule has 7 nitrogen and oxygen atoms in total. The molecule has 0 radical (unpaired) electrons. The van der Waals surface area contributed by atoms with E-state index in [4.69, 9.17) is 0 Å². The van der Waals surface area contributed by atoms with Gasteiger partial charge in [-0.2, -0.15) is 0 Å². The second kappa shape index (κ2) is 7.43. The van der Waals surface area contributed by atoms with Gasteiger partial charge in [0.05, 0.1) is 9.77 Å². The van der Waals surface area contributed by atoms with Crippen LogP contribution in [0, 0.1) is 5.92 Å². The first-order valence-corrected chi connectivity index (χ1v) is 10.9. The van der Waals surface area contributed by atoms with Crippen LogP contribution in [0.15, 0.2) is 16.3 Å². The Labute approximate surface area is 151 Å². The molecule has 0 bridgehead atoms. The van der Waals surface area contributed by atoms with Crippen molar-refractivity contribution >= 4 is 33.2 Å². The monoisotopic (exact) mass is 385 g/mol. The molecule has 1 aliphatic heterocycles. The van der Waals surface area contributed by atoms with Crippen molar-refractivity contribution in [1.29, 1.82) is 0 Å². The van der Waals surface area contributed by atoms with Gasteiger partial charge in [-0.25, -0.2) is 13.1 Å². The molecule has 1 aromatic heterocycles. The third kappa shape index (κ3) is 4.04. The van der Waals surface area contributed by atoms with E-state index in [1.165, 1.54) is 18.5 Å². The van der Waals surface area contributed by atoms with E-state index in [1.54, 1.807) is 0 Å². The molecule has 2 N–H and O–H groups in total. The summed E-state index contributed by atoms with van der Waals surface area (Å²) >= 11 is 1.09. The highest BCUT2D eigenvalue weighted by molar-refractivity contribution is 7.89. The van der Waals surface area contributed by atoms with Gasteiger partial charge in [0.25, 0.3) is 5.91 Å². The van der Waals surface area contributed by atoms with E-state index in [0.29, 0.717) is 23.9 Å². The number of nitrogens with zero attached hydrogens (tertiary/aromatic N) is 1. The van der Waals surface area contributed by atoms with Crippen LogP contribution in [-0.4, -0.2) is 51.3 Å². The molecule has 25 heavy (non-hydrogen) atoms. The summed E-state index contributed by atoms with van der Waals surface area (Å²) in [5.74, 6) is -0.173. The van der Waals surface area contributed by atoms with Crippen molar-refractivity contribution in [3.8, 4) is 0 Å². The lowest BCUT2D eigenvalue weighted by Crippen LogP contribution is -2.36. The first-order chi connectivity index (χ1) is 11.9. The van der Waals surface area contributed by atoms with Gasteiger partial charge in [0, 0.05) is 38.0 Å². The summed E-state index contributed by atoms with van der Waals surface area (Å²) in [7, 11) is -2.17. The lowest BCUT2D eigenvalue weighted by Gasteiger charge is -2.24. The molecule has 1 aromatic rings. The highest BCUT2D eigenvalue weighted by atomic mass is 32.2. The molecule has 1 saturated heterocycles. The fourth-order valence-corrected chi connectivity index (χ4v) is 5.86. The summed E-state index contributed by atoms with van der Waals surface area (Å²) < 4.78 is 27.4. The van der Waals surface area contributed by atoms with E-state index in [0.717, 1.165) is 37.0 Å². The van der Waals surface area contributed by atoms with Crippen LogP contribution in [0.4, 0.5) is 0 Å². The molecule has 0 aromatic carbocycles. The van der Waals surface area contributed by atoms with Crippen molar-refractivity contribution in [3.05, 3.63) is 16.3 Å². The van der Waals surface area contributed by atoms with Crippen LogP contribution >= 0.6 is 11.3 Å². The van der Waals surface area contributed by atoms with E-state index in [-0.39, 0.29) is 29.2 Å². The van der Waals surface area contributed by atoms with Gasteiger partial charge in [0.1, 0.15) is 0 Å². The number of likely N-dealkylation sites (tertiary alicyclic amines) is 1. The number of hydrogen-bond acceptors (Lipinski definition) is 5. The Kier molecular flexibility index (Phi) is 5.45. The smallest absolute Gasteiger partial charge is 0.261 e. The van der Waals surface area contributed by atoms with Crippen molar-refractivity contribution in [1.82, 2.24) is 14.9 Å². The predicted molar refractivity (Wildman–Crippen MR) is 95.0 cm³/mol. The lowest BCUT2D eigenvalue weighted by molar-refractivity contribution is -0.129. The summed E-state index contributed by atoms with van der Waals surface area (Å²) in [6, 6.07) is 1.71. The van der Waals surface area contributed by atoms with E-state index in [9.17, 15) is 18.0 Å². The normalized spacial score (nSPS) is 21.9. The predicted octanol–water partition coefficient (Wildman–Crippen LogP) is 1.18. The number of sulfonamides is 1. The van der Waals surface area contributed by atoms with Crippen LogP contribution in [0.5, 0.6) is 0 Å². The molecule has 3 rings (SSSR count). The van der Waals surface area contributed by atoms with Gasteiger partial charge in [-0.3, -0.25) is 9.59 Å². The summed E-state index contributed by atoms with van der Waals surface area (Å²) in [5.41, 5.74) is 0. The van der Waals surface area contributed by atoms with Crippen LogP contribution in [0.25, 0.3) is 0 Å². The Morgan fingerprint density at radius 3 is 2.76 bits per heavy atom. The highest BCUT2D eigenvalue weighted by Crippen LogP contribution is 2.29. The maximum Gasteiger partial charge on any atom is 0.261 e. The third-order valence-electron chi connectivity index (χ3n) is 4.90. The second-order valence-corrected chi connectivity index (χ2v) is 9.31. The fourth-order valence-electron chi connectivity index (χ4n) is 3.53. The summed E-state index contributed by atoms with van der Waals surface area (Å²) in [6.45, 7) is 0.863. The largest absolute Gasteiger partial charge is 0.354 e. The summed E-state index contributed by atoms with van der Waals surface area (Å²) in [6.07, 6.45) is 4.84. The van der Waals surface area contributed by atoms with Gasteiger partial charge >= 0.3 is 0 Å². The van der Waals surface area contributed by atoms with Crippen molar-refractivity contribution < 1.29 is 18.0 Å². The SMILES string of the molecule is CNC(=O)c1cc(S(=O)(=O)NCC2CC(=O)N(C3CCCC3)C2)cs1. The summed E-state index contributed by atoms with van der Waals surface area (Å²) in [5, 5.41) is 3.93. The second-order valence-electron chi connectivity index (χ2n) is 6.63. The number of rotatable bonds is 6. The zero-order valence-corrected chi connectivity index (χ0v) is 15.8. The quantitative estimate of drug-likeness (QED) is 0.769. The minimum Gasteiger partial charge on any atom is -0.354 e. The number of nitrogens with one attached hydrogen (secondary N) is 2.